The van der Waals surface area contributed by atoms with Crippen molar-refractivity contribution in [2.75, 3.05) is 6.61 Å². The molecule has 1 aliphatic rings. The summed E-state index contributed by atoms with van der Waals surface area (Å²) in [5.41, 5.74) is 5.78. The molecule has 0 aliphatic heterocycles. The Morgan fingerprint density at radius 2 is 1.98 bits per heavy atom. The molecule has 0 fully saturated rings. The van der Waals surface area contributed by atoms with E-state index in [9.17, 15) is 25.4 Å². The topological polar surface area (TPSA) is 145 Å². The van der Waals surface area contributed by atoms with Gasteiger partial charge in [0.15, 0.2) is 0 Å². The number of carbonyl (C=O) groups is 1. The lowest BCUT2D eigenvalue weighted by molar-refractivity contribution is -0.140. The van der Waals surface area contributed by atoms with Gasteiger partial charge in [-0.05, 0) is 59.4 Å². The highest BCUT2D eigenvalue weighted by Gasteiger charge is 2.28. The third-order valence-electron chi connectivity index (χ3n) is 7.09. The number of rotatable bonds is 11. The number of aromatic hydroxyl groups is 1. The molecule has 2 atom stereocenters. The number of benzene rings is 3. The van der Waals surface area contributed by atoms with Crippen LogP contribution in [-0.2, 0) is 24.4 Å². The van der Waals surface area contributed by atoms with Gasteiger partial charge in [-0.2, -0.15) is 5.26 Å². The molecule has 4 N–H and O–H groups in total. The van der Waals surface area contributed by atoms with Gasteiger partial charge in [-0.3, -0.25) is 15.1 Å². The number of phenols is 1. The molecule has 0 amide bonds. The van der Waals surface area contributed by atoms with Gasteiger partial charge in [-0.25, -0.2) is 0 Å². The van der Waals surface area contributed by atoms with E-state index in [0.717, 1.165) is 35.1 Å². The number of aliphatic hydroxyl groups is 1. The lowest BCUT2D eigenvalue weighted by Gasteiger charge is -2.20. The first-order valence-corrected chi connectivity index (χ1v) is 13.7. The van der Waals surface area contributed by atoms with E-state index in [4.69, 9.17) is 21.1 Å². The fourth-order valence-corrected chi connectivity index (χ4v) is 5.26. The monoisotopic (exact) mass is 585 g/mol. The van der Waals surface area contributed by atoms with Crippen LogP contribution in [0.2, 0.25) is 5.02 Å². The largest absolute Gasteiger partial charge is 0.508 e. The molecule has 1 aliphatic carbocycles. The maximum absolute atomic E-state index is 11.4. The Hall–Kier alpha value is -4.62. The molecule has 5 rings (SSSR count). The Bertz CT molecular complexity index is 1650. The van der Waals surface area contributed by atoms with Crippen molar-refractivity contribution in [3.8, 4) is 34.4 Å². The van der Waals surface area contributed by atoms with Crippen molar-refractivity contribution in [2.45, 2.75) is 38.1 Å². The quantitative estimate of drug-likeness (QED) is 0.187. The first kappa shape index (κ1) is 28.9. The van der Waals surface area contributed by atoms with Gasteiger partial charge >= 0.3 is 5.97 Å². The number of pyridine rings is 1. The number of carboxylic acid groups (broad SMARTS) is 1. The van der Waals surface area contributed by atoms with Gasteiger partial charge in [0.2, 0.25) is 0 Å². The zero-order valence-corrected chi connectivity index (χ0v) is 23.2. The van der Waals surface area contributed by atoms with Crippen molar-refractivity contribution >= 4 is 17.6 Å². The second-order valence-electron chi connectivity index (χ2n) is 9.90. The predicted molar refractivity (Wildman–Crippen MR) is 155 cm³/mol. The number of nitrogens with one attached hydrogen (secondary N) is 1. The number of nitriles is 1. The summed E-state index contributed by atoms with van der Waals surface area (Å²) in [5.74, 6) is -0.182. The fraction of sp³-hybridized carbons (Fsp3) is 0.219. The van der Waals surface area contributed by atoms with Gasteiger partial charge in [0, 0.05) is 36.1 Å². The van der Waals surface area contributed by atoms with Gasteiger partial charge in [0.05, 0.1) is 17.2 Å². The Morgan fingerprint density at radius 3 is 2.74 bits per heavy atom. The van der Waals surface area contributed by atoms with Gasteiger partial charge < -0.3 is 24.8 Å². The number of hydrogen-bond acceptors (Lipinski definition) is 8. The Kier molecular flexibility index (Phi) is 8.88. The van der Waals surface area contributed by atoms with Crippen molar-refractivity contribution in [3.63, 3.8) is 0 Å². The van der Waals surface area contributed by atoms with Crippen LogP contribution in [0.1, 0.15) is 40.3 Å². The number of ether oxygens (including phenoxy) is 2. The van der Waals surface area contributed by atoms with Crippen molar-refractivity contribution in [1.82, 2.24) is 10.3 Å². The molecule has 1 aromatic heterocycles. The molecule has 0 radical (unpaired) electrons. The first-order valence-electron chi connectivity index (χ1n) is 13.3. The summed E-state index contributed by atoms with van der Waals surface area (Å²) in [5, 5.41) is 41.0. The van der Waals surface area contributed by atoms with E-state index in [-0.39, 0.29) is 25.0 Å². The van der Waals surface area contributed by atoms with E-state index in [1.165, 1.54) is 6.20 Å². The van der Waals surface area contributed by atoms with Gasteiger partial charge in [-0.1, -0.05) is 41.9 Å². The average Bonchev–Trinajstić information content (AvgIpc) is 3.40. The minimum atomic E-state index is -1.18. The summed E-state index contributed by atoms with van der Waals surface area (Å²) in [7, 11) is 0. The van der Waals surface area contributed by atoms with E-state index in [0.29, 0.717) is 33.2 Å². The minimum Gasteiger partial charge on any atom is -0.508 e. The molecule has 0 saturated carbocycles. The normalized spacial score (nSPS) is 14.5. The summed E-state index contributed by atoms with van der Waals surface area (Å²) in [6.45, 7) is -0.430. The maximum Gasteiger partial charge on any atom is 0.323 e. The molecular weight excluding hydrogens is 558 g/mol. The standard InChI is InChI=1S/C32H28ClN3O6/c33-27-11-22(16-36-28(17-37)32(39)40)30(41-18-20-9-19(13-34)14-35-15-20)12-31(27)42-29-8-7-25-24(5-2-6-26(25)29)21-3-1-4-23(38)10-21/h1-6,9-12,14-15,28-29,36-38H,7-8,16-18H2,(H,39,40)/t28-,29-/m0/s1. The van der Waals surface area contributed by atoms with Crippen LogP contribution in [0.4, 0.5) is 0 Å². The Balaban J connectivity index is 1.42. The fourth-order valence-electron chi connectivity index (χ4n) is 5.03. The number of halogens is 1. The smallest absolute Gasteiger partial charge is 0.323 e. The summed E-state index contributed by atoms with van der Waals surface area (Å²) < 4.78 is 12.6. The SMILES string of the molecule is N#Cc1cncc(COc2cc(O[C@H]3CCc4c(-c5cccc(O)c5)cccc43)c(Cl)cc2CN[C@@H](CO)C(=O)O)c1. The number of hydrogen-bond donors (Lipinski definition) is 4. The molecule has 0 unspecified atom stereocenters. The Labute approximate surface area is 247 Å². The van der Waals surface area contributed by atoms with E-state index >= 15 is 0 Å². The highest BCUT2D eigenvalue weighted by atomic mass is 35.5. The predicted octanol–water partition coefficient (Wildman–Crippen LogP) is 5.16. The molecule has 214 valence electrons. The number of aromatic nitrogens is 1. The van der Waals surface area contributed by atoms with Gasteiger partial charge in [0.25, 0.3) is 0 Å². The van der Waals surface area contributed by atoms with Crippen molar-refractivity contribution in [1.29, 1.82) is 5.26 Å². The molecule has 0 bridgehead atoms. The first-order chi connectivity index (χ1) is 20.4. The molecule has 9 nitrogen and oxygen atoms in total. The molecule has 0 spiro atoms. The third-order valence-corrected chi connectivity index (χ3v) is 7.39. The van der Waals surface area contributed by atoms with Crippen LogP contribution in [0.5, 0.6) is 17.2 Å². The van der Waals surface area contributed by atoms with Crippen LogP contribution in [0, 0.1) is 11.3 Å². The van der Waals surface area contributed by atoms with Crippen molar-refractivity contribution in [3.05, 3.63) is 106 Å². The van der Waals surface area contributed by atoms with Crippen molar-refractivity contribution in [2.24, 2.45) is 0 Å². The minimum absolute atomic E-state index is 0.0584. The van der Waals surface area contributed by atoms with Crippen LogP contribution >= 0.6 is 11.6 Å². The summed E-state index contributed by atoms with van der Waals surface area (Å²) in [6, 6.07) is 19.1. The van der Waals surface area contributed by atoms with E-state index in [1.54, 1.807) is 36.5 Å². The molecule has 3 aromatic carbocycles. The van der Waals surface area contributed by atoms with Crippen molar-refractivity contribution < 1.29 is 29.6 Å². The van der Waals surface area contributed by atoms with E-state index in [1.807, 2.05) is 30.3 Å². The maximum atomic E-state index is 11.4. The summed E-state index contributed by atoms with van der Waals surface area (Å²) >= 11 is 6.67. The number of carboxylic acids is 1. The summed E-state index contributed by atoms with van der Waals surface area (Å²) in [4.78, 5) is 15.5. The number of fused-ring (bicyclic) bond motifs is 1. The molecular formula is C32H28ClN3O6. The number of nitrogens with zero attached hydrogens (tertiary/aromatic N) is 2. The van der Waals surface area contributed by atoms with Crippen LogP contribution in [0.25, 0.3) is 11.1 Å². The van der Waals surface area contributed by atoms with Crippen LogP contribution < -0.4 is 14.8 Å². The van der Waals surface area contributed by atoms with Gasteiger partial charge in [0.1, 0.15) is 42.1 Å². The van der Waals surface area contributed by atoms with Crippen LogP contribution in [0.15, 0.2) is 73.1 Å². The van der Waals surface area contributed by atoms with Crippen LogP contribution in [-0.4, -0.2) is 38.9 Å². The van der Waals surface area contributed by atoms with E-state index < -0.39 is 18.6 Å². The average molecular weight is 586 g/mol. The highest BCUT2D eigenvalue weighted by Crippen LogP contribution is 2.43. The van der Waals surface area contributed by atoms with Gasteiger partial charge in [-0.15, -0.1) is 0 Å². The number of aliphatic hydroxyl groups excluding tert-OH is 1. The third kappa shape index (κ3) is 6.47. The summed E-state index contributed by atoms with van der Waals surface area (Å²) in [6.07, 6.45) is 4.30. The second kappa shape index (κ2) is 12.9. The zero-order chi connectivity index (χ0) is 29.6. The van der Waals surface area contributed by atoms with E-state index in [2.05, 4.69) is 16.4 Å². The molecule has 0 saturated heterocycles. The highest BCUT2D eigenvalue weighted by molar-refractivity contribution is 6.32. The lowest BCUT2D eigenvalue weighted by atomic mass is 9.96. The number of phenolic OH excluding ortho intramolecular Hbond substituents is 1. The number of aliphatic carboxylic acids is 1. The Morgan fingerprint density at radius 1 is 1.14 bits per heavy atom. The zero-order valence-electron chi connectivity index (χ0n) is 22.5. The van der Waals surface area contributed by atoms with Crippen LogP contribution in [0.3, 0.4) is 0 Å². The molecule has 10 heteroatoms. The second-order valence-corrected chi connectivity index (χ2v) is 10.3. The lowest BCUT2D eigenvalue weighted by Crippen LogP contribution is -2.39. The molecule has 1 heterocycles. The molecule has 42 heavy (non-hydrogen) atoms. The molecule has 4 aromatic rings.